The molecule has 0 aliphatic carbocycles. The third-order valence-electron chi connectivity index (χ3n) is 5.15. The van der Waals surface area contributed by atoms with E-state index in [-0.39, 0.29) is 23.3 Å². The third kappa shape index (κ3) is 3.15. The Kier molecular flexibility index (Phi) is 4.23. The fourth-order valence-electron chi connectivity index (χ4n) is 3.48. The van der Waals surface area contributed by atoms with Gasteiger partial charge >= 0.3 is 0 Å². The Morgan fingerprint density at radius 2 is 2.22 bits per heavy atom. The van der Waals surface area contributed by atoms with Gasteiger partial charge in [-0.25, -0.2) is 0 Å². The standard InChI is InChI=1S/C18H26N2O3/c1-18(2)11-20(7-6-16(18)19)17(21)13-8-12-9-14(22-3)4-5-15(12)23-10-13/h4-5,9,13,16H,6-8,10-11,19H2,1-3H3. The number of nitrogens with two attached hydrogens (primary N) is 1. The van der Waals surface area contributed by atoms with Crippen molar-refractivity contribution < 1.29 is 14.3 Å². The number of nitrogens with zero attached hydrogens (tertiary/aromatic N) is 1. The maximum atomic E-state index is 12.9. The summed E-state index contributed by atoms with van der Waals surface area (Å²) < 4.78 is 11.1. The van der Waals surface area contributed by atoms with Crippen LogP contribution >= 0.6 is 0 Å². The third-order valence-corrected chi connectivity index (χ3v) is 5.15. The van der Waals surface area contributed by atoms with Crippen LogP contribution in [-0.2, 0) is 11.2 Å². The molecule has 1 aromatic rings. The van der Waals surface area contributed by atoms with E-state index in [1.165, 1.54) is 0 Å². The minimum absolute atomic E-state index is 0.0371. The summed E-state index contributed by atoms with van der Waals surface area (Å²) in [5.41, 5.74) is 7.18. The maximum absolute atomic E-state index is 12.9. The number of piperidine rings is 1. The van der Waals surface area contributed by atoms with Gasteiger partial charge < -0.3 is 20.1 Å². The van der Waals surface area contributed by atoms with Crippen LogP contribution in [-0.4, -0.2) is 43.7 Å². The number of hydrogen-bond acceptors (Lipinski definition) is 4. The molecule has 5 heteroatoms. The van der Waals surface area contributed by atoms with Gasteiger partial charge in [0.15, 0.2) is 0 Å². The smallest absolute Gasteiger partial charge is 0.229 e. The SMILES string of the molecule is COc1ccc2c(c1)CC(C(=O)N1CCC(N)C(C)(C)C1)CO2. The predicted molar refractivity (Wildman–Crippen MR) is 88.6 cm³/mol. The number of amides is 1. The molecule has 1 amide bonds. The molecule has 0 spiro atoms. The van der Waals surface area contributed by atoms with Gasteiger partial charge in [-0.05, 0) is 42.0 Å². The normalized spacial score (nSPS) is 26.2. The number of likely N-dealkylation sites (tertiary alicyclic amines) is 1. The molecule has 1 saturated heterocycles. The molecule has 2 aliphatic heterocycles. The highest BCUT2D eigenvalue weighted by Gasteiger charge is 2.38. The van der Waals surface area contributed by atoms with Gasteiger partial charge in [-0.2, -0.15) is 0 Å². The van der Waals surface area contributed by atoms with E-state index in [1.807, 2.05) is 23.1 Å². The van der Waals surface area contributed by atoms with E-state index in [1.54, 1.807) is 7.11 Å². The van der Waals surface area contributed by atoms with Crippen LogP contribution in [0.5, 0.6) is 11.5 Å². The monoisotopic (exact) mass is 318 g/mol. The van der Waals surface area contributed by atoms with Crippen LogP contribution in [0.2, 0.25) is 0 Å². The number of ether oxygens (including phenoxy) is 2. The highest BCUT2D eigenvalue weighted by molar-refractivity contribution is 5.80. The number of fused-ring (bicyclic) bond motifs is 1. The molecule has 2 unspecified atom stereocenters. The molecule has 2 atom stereocenters. The van der Waals surface area contributed by atoms with Crippen molar-refractivity contribution in [3.8, 4) is 11.5 Å². The number of carbonyl (C=O) groups excluding carboxylic acids is 1. The molecule has 2 aliphatic rings. The first-order valence-corrected chi connectivity index (χ1v) is 8.25. The van der Waals surface area contributed by atoms with E-state index in [2.05, 4.69) is 13.8 Å². The van der Waals surface area contributed by atoms with Gasteiger partial charge in [0, 0.05) is 19.1 Å². The first kappa shape index (κ1) is 16.1. The van der Waals surface area contributed by atoms with Crippen molar-refractivity contribution in [3.63, 3.8) is 0 Å². The van der Waals surface area contributed by atoms with E-state index >= 15 is 0 Å². The average Bonchev–Trinajstić information content (AvgIpc) is 2.55. The van der Waals surface area contributed by atoms with Crippen molar-refractivity contribution in [2.45, 2.75) is 32.7 Å². The Morgan fingerprint density at radius 1 is 1.43 bits per heavy atom. The highest BCUT2D eigenvalue weighted by atomic mass is 16.5. The molecule has 23 heavy (non-hydrogen) atoms. The van der Waals surface area contributed by atoms with Crippen molar-refractivity contribution in [3.05, 3.63) is 23.8 Å². The zero-order valence-electron chi connectivity index (χ0n) is 14.2. The number of methoxy groups -OCH3 is 1. The second-order valence-corrected chi connectivity index (χ2v) is 7.33. The average molecular weight is 318 g/mol. The van der Waals surface area contributed by atoms with Gasteiger partial charge in [-0.15, -0.1) is 0 Å². The van der Waals surface area contributed by atoms with Crippen LogP contribution in [0.3, 0.4) is 0 Å². The lowest BCUT2D eigenvalue weighted by atomic mass is 9.79. The molecule has 126 valence electrons. The summed E-state index contributed by atoms with van der Waals surface area (Å²) >= 11 is 0. The fraction of sp³-hybridized carbons (Fsp3) is 0.611. The Hall–Kier alpha value is -1.75. The van der Waals surface area contributed by atoms with Crippen LogP contribution < -0.4 is 15.2 Å². The molecule has 2 heterocycles. The summed E-state index contributed by atoms with van der Waals surface area (Å²) in [5.74, 6) is 1.71. The lowest BCUT2D eigenvalue weighted by Crippen LogP contribution is -2.55. The maximum Gasteiger partial charge on any atom is 0.229 e. The minimum Gasteiger partial charge on any atom is -0.497 e. The highest BCUT2D eigenvalue weighted by Crippen LogP contribution is 2.33. The lowest BCUT2D eigenvalue weighted by molar-refractivity contribution is -0.140. The van der Waals surface area contributed by atoms with Gasteiger partial charge in [0.1, 0.15) is 18.1 Å². The van der Waals surface area contributed by atoms with Crippen LogP contribution in [0.1, 0.15) is 25.8 Å². The fourth-order valence-corrected chi connectivity index (χ4v) is 3.48. The summed E-state index contributed by atoms with van der Waals surface area (Å²) in [6, 6.07) is 5.91. The summed E-state index contributed by atoms with van der Waals surface area (Å²) in [6.45, 7) is 6.17. The van der Waals surface area contributed by atoms with E-state index < -0.39 is 0 Å². The van der Waals surface area contributed by atoms with Gasteiger partial charge in [0.2, 0.25) is 5.91 Å². The Balaban J connectivity index is 1.71. The van der Waals surface area contributed by atoms with Crippen LogP contribution in [0, 0.1) is 11.3 Å². The Labute approximate surface area is 137 Å². The molecule has 1 aromatic carbocycles. The topological polar surface area (TPSA) is 64.8 Å². The lowest BCUT2D eigenvalue weighted by Gasteiger charge is -2.44. The van der Waals surface area contributed by atoms with E-state index in [4.69, 9.17) is 15.2 Å². The number of carbonyl (C=O) groups is 1. The van der Waals surface area contributed by atoms with Crippen molar-refractivity contribution in [2.75, 3.05) is 26.8 Å². The molecular weight excluding hydrogens is 292 g/mol. The summed E-state index contributed by atoms with van der Waals surface area (Å²) in [7, 11) is 1.65. The number of hydrogen-bond donors (Lipinski definition) is 1. The zero-order chi connectivity index (χ0) is 16.6. The Morgan fingerprint density at radius 3 is 2.91 bits per heavy atom. The minimum atomic E-state index is -0.125. The summed E-state index contributed by atoms with van der Waals surface area (Å²) in [5, 5.41) is 0. The number of benzene rings is 1. The molecule has 0 radical (unpaired) electrons. The second kappa shape index (κ2) is 6.04. The zero-order valence-corrected chi connectivity index (χ0v) is 14.2. The van der Waals surface area contributed by atoms with Crippen molar-refractivity contribution in [2.24, 2.45) is 17.1 Å². The largest absolute Gasteiger partial charge is 0.497 e. The van der Waals surface area contributed by atoms with Crippen molar-refractivity contribution in [1.82, 2.24) is 4.90 Å². The first-order chi connectivity index (χ1) is 10.9. The molecule has 2 N–H and O–H groups in total. The van der Waals surface area contributed by atoms with Gasteiger partial charge in [-0.3, -0.25) is 4.79 Å². The van der Waals surface area contributed by atoms with Gasteiger partial charge in [0.05, 0.1) is 13.0 Å². The second-order valence-electron chi connectivity index (χ2n) is 7.33. The molecular formula is C18H26N2O3. The van der Waals surface area contributed by atoms with Crippen molar-refractivity contribution >= 4 is 5.91 Å². The summed E-state index contributed by atoms with van der Waals surface area (Å²) in [4.78, 5) is 14.8. The molecule has 5 nitrogen and oxygen atoms in total. The molecule has 3 rings (SSSR count). The van der Waals surface area contributed by atoms with E-state index in [9.17, 15) is 4.79 Å². The van der Waals surface area contributed by atoms with E-state index in [0.29, 0.717) is 19.6 Å². The number of rotatable bonds is 2. The predicted octanol–water partition coefficient (Wildman–Crippen LogP) is 1.83. The van der Waals surface area contributed by atoms with Crippen molar-refractivity contribution in [1.29, 1.82) is 0 Å². The quantitative estimate of drug-likeness (QED) is 0.903. The first-order valence-electron chi connectivity index (χ1n) is 8.25. The van der Waals surface area contributed by atoms with Crippen LogP contribution in [0.15, 0.2) is 18.2 Å². The van der Waals surface area contributed by atoms with Crippen LogP contribution in [0.25, 0.3) is 0 Å². The molecule has 1 fully saturated rings. The van der Waals surface area contributed by atoms with E-state index in [0.717, 1.165) is 30.0 Å². The Bertz CT molecular complexity index is 600. The molecule has 0 aromatic heterocycles. The molecule has 0 saturated carbocycles. The van der Waals surface area contributed by atoms with Gasteiger partial charge in [0.25, 0.3) is 0 Å². The summed E-state index contributed by atoms with van der Waals surface area (Å²) in [6.07, 6.45) is 1.56. The van der Waals surface area contributed by atoms with Gasteiger partial charge in [-0.1, -0.05) is 13.8 Å². The van der Waals surface area contributed by atoms with Crippen LogP contribution in [0.4, 0.5) is 0 Å². The molecule has 0 bridgehead atoms.